The third-order valence-corrected chi connectivity index (χ3v) is 5.80. The van der Waals surface area contributed by atoms with Crippen LogP contribution in [0.2, 0.25) is 0 Å². The molecule has 0 aliphatic carbocycles. The van der Waals surface area contributed by atoms with Gasteiger partial charge in [0.2, 0.25) is 10.0 Å². The first-order valence-electron chi connectivity index (χ1n) is 6.89. The molecule has 3 aliphatic heterocycles. The fraction of sp³-hybridized carbons (Fsp3) is 0.846. The van der Waals surface area contributed by atoms with Crippen molar-refractivity contribution in [3.05, 3.63) is 12.7 Å². The van der Waals surface area contributed by atoms with Crippen molar-refractivity contribution in [2.45, 2.75) is 32.2 Å². The monoisotopic (exact) mass is 272 g/mol. The van der Waals surface area contributed by atoms with Crippen LogP contribution < -0.4 is 4.72 Å². The summed E-state index contributed by atoms with van der Waals surface area (Å²) in [7, 11) is -3.06. The van der Waals surface area contributed by atoms with Crippen LogP contribution in [-0.2, 0) is 10.0 Å². The Hall–Kier alpha value is -0.390. The summed E-state index contributed by atoms with van der Waals surface area (Å²) in [5.74, 6) is 1.54. The number of fused-ring (bicyclic) bond motifs is 3. The zero-order chi connectivity index (χ0) is 13.2. The Morgan fingerprint density at radius 2 is 2.28 bits per heavy atom. The van der Waals surface area contributed by atoms with Crippen LogP contribution in [-0.4, -0.2) is 44.7 Å². The molecule has 5 heteroatoms. The molecule has 4 nitrogen and oxygen atoms in total. The second kappa shape index (κ2) is 5.72. The molecular weight excluding hydrogens is 248 g/mol. The van der Waals surface area contributed by atoms with Crippen LogP contribution in [0, 0.1) is 11.8 Å². The molecule has 0 aromatic carbocycles. The summed E-state index contributed by atoms with van der Waals surface area (Å²) in [6.07, 6.45) is 5.07. The van der Waals surface area contributed by atoms with Crippen molar-refractivity contribution in [1.29, 1.82) is 0 Å². The molecule has 2 bridgehead atoms. The molecule has 3 fully saturated rings. The average molecular weight is 272 g/mol. The Balaban J connectivity index is 1.87. The van der Waals surface area contributed by atoms with Gasteiger partial charge in [-0.2, -0.15) is 0 Å². The van der Waals surface area contributed by atoms with Gasteiger partial charge in [0.25, 0.3) is 0 Å². The maximum absolute atomic E-state index is 11.7. The van der Waals surface area contributed by atoms with Gasteiger partial charge in [0.05, 0.1) is 5.75 Å². The van der Waals surface area contributed by atoms with E-state index in [1.165, 1.54) is 6.42 Å². The lowest BCUT2D eigenvalue weighted by Crippen LogP contribution is -2.56. The number of hydrogen-bond donors (Lipinski definition) is 1. The number of rotatable bonds is 6. The van der Waals surface area contributed by atoms with Gasteiger partial charge in [-0.15, -0.1) is 6.58 Å². The molecule has 3 aliphatic rings. The molecule has 18 heavy (non-hydrogen) atoms. The Morgan fingerprint density at radius 3 is 2.83 bits per heavy atom. The predicted molar refractivity (Wildman–Crippen MR) is 73.9 cm³/mol. The minimum absolute atomic E-state index is 0.235. The molecule has 0 spiro atoms. The van der Waals surface area contributed by atoms with E-state index in [0.717, 1.165) is 19.5 Å². The number of piperidine rings is 3. The van der Waals surface area contributed by atoms with Gasteiger partial charge in [0, 0.05) is 19.1 Å². The molecule has 0 radical (unpaired) electrons. The van der Waals surface area contributed by atoms with E-state index >= 15 is 0 Å². The minimum atomic E-state index is -3.06. The van der Waals surface area contributed by atoms with E-state index in [9.17, 15) is 8.42 Å². The Morgan fingerprint density at radius 1 is 1.50 bits per heavy atom. The number of hydrogen-bond acceptors (Lipinski definition) is 3. The molecule has 3 rings (SSSR count). The summed E-state index contributed by atoms with van der Waals surface area (Å²) < 4.78 is 26.1. The van der Waals surface area contributed by atoms with Crippen LogP contribution >= 0.6 is 0 Å². The molecule has 3 saturated heterocycles. The highest BCUT2D eigenvalue weighted by molar-refractivity contribution is 7.89. The Bertz CT molecular complexity index is 394. The number of nitrogens with zero attached hydrogens (tertiary/aromatic N) is 1. The largest absolute Gasteiger partial charge is 0.298 e. The molecule has 0 saturated carbocycles. The van der Waals surface area contributed by atoms with E-state index in [1.807, 2.05) is 6.92 Å². The van der Waals surface area contributed by atoms with Gasteiger partial charge >= 0.3 is 0 Å². The van der Waals surface area contributed by atoms with Crippen molar-refractivity contribution >= 4 is 10.0 Å². The first-order chi connectivity index (χ1) is 8.55. The van der Waals surface area contributed by atoms with Gasteiger partial charge in [-0.25, -0.2) is 13.1 Å². The van der Waals surface area contributed by atoms with Gasteiger partial charge in [-0.05, 0) is 37.6 Å². The Kier molecular flexibility index (Phi) is 4.45. The van der Waals surface area contributed by atoms with Crippen LogP contribution in [0.3, 0.4) is 0 Å². The maximum Gasteiger partial charge on any atom is 0.211 e. The molecule has 0 amide bonds. The van der Waals surface area contributed by atoms with Crippen molar-refractivity contribution in [2.75, 3.05) is 25.4 Å². The SMILES string of the molecule is C=C[C@H]1CN2CC[C@@H]1C[C@@H]2CNS(=O)(=O)CCC. The second-order valence-corrected chi connectivity index (χ2v) is 7.43. The van der Waals surface area contributed by atoms with Gasteiger partial charge < -0.3 is 0 Å². The molecule has 0 aromatic rings. The molecule has 0 aromatic heterocycles. The first kappa shape index (κ1) is 14.0. The van der Waals surface area contributed by atoms with Crippen LogP contribution in [0.4, 0.5) is 0 Å². The van der Waals surface area contributed by atoms with Crippen molar-refractivity contribution in [1.82, 2.24) is 9.62 Å². The highest BCUT2D eigenvalue weighted by Crippen LogP contribution is 2.36. The molecular formula is C13H24N2O2S. The first-order valence-corrected chi connectivity index (χ1v) is 8.55. The van der Waals surface area contributed by atoms with Gasteiger partial charge in [0.1, 0.15) is 0 Å². The maximum atomic E-state index is 11.7. The lowest BCUT2D eigenvalue weighted by molar-refractivity contribution is 0.0218. The lowest BCUT2D eigenvalue weighted by Gasteiger charge is -2.49. The standard InChI is InChI=1S/C13H24N2O2S/c1-3-7-18(16,17)14-9-13-8-12-5-6-15(13)10-11(12)4-2/h4,11-14H,2-3,5-10H2,1H3/t11-,12+,13+/m0/s1. The quantitative estimate of drug-likeness (QED) is 0.740. The highest BCUT2D eigenvalue weighted by atomic mass is 32.2. The van der Waals surface area contributed by atoms with Gasteiger partial charge in [0.15, 0.2) is 0 Å². The summed E-state index contributed by atoms with van der Waals surface area (Å²) in [6.45, 7) is 8.52. The fourth-order valence-electron chi connectivity index (χ4n) is 3.22. The fourth-order valence-corrected chi connectivity index (χ4v) is 4.35. The Labute approximate surface area is 110 Å². The molecule has 104 valence electrons. The van der Waals surface area contributed by atoms with Crippen LogP contribution in [0.25, 0.3) is 0 Å². The third-order valence-electron chi connectivity index (χ3n) is 4.24. The van der Waals surface area contributed by atoms with Gasteiger partial charge in [-0.3, -0.25) is 4.90 Å². The topological polar surface area (TPSA) is 49.4 Å². The van der Waals surface area contributed by atoms with E-state index in [1.54, 1.807) is 0 Å². The van der Waals surface area contributed by atoms with Crippen LogP contribution in [0.5, 0.6) is 0 Å². The smallest absolute Gasteiger partial charge is 0.211 e. The number of sulfonamides is 1. The summed E-state index contributed by atoms with van der Waals surface area (Å²) in [6, 6.07) is 0.381. The molecule has 1 N–H and O–H groups in total. The minimum Gasteiger partial charge on any atom is -0.298 e. The summed E-state index contributed by atoms with van der Waals surface area (Å²) in [5, 5.41) is 0. The van der Waals surface area contributed by atoms with Crippen molar-refractivity contribution in [3.8, 4) is 0 Å². The van der Waals surface area contributed by atoms with Crippen molar-refractivity contribution in [3.63, 3.8) is 0 Å². The van der Waals surface area contributed by atoms with Crippen LogP contribution in [0.15, 0.2) is 12.7 Å². The summed E-state index contributed by atoms with van der Waals surface area (Å²) in [4.78, 5) is 2.42. The zero-order valence-corrected chi connectivity index (χ0v) is 12.0. The third kappa shape index (κ3) is 3.13. The zero-order valence-electron chi connectivity index (χ0n) is 11.1. The van der Waals surface area contributed by atoms with E-state index in [4.69, 9.17) is 0 Å². The van der Waals surface area contributed by atoms with Crippen molar-refractivity contribution in [2.24, 2.45) is 11.8 Å². The average Bonchev–Trinajstić information content (AvgIpc) is 2.37. The highest BCUT2D eigenvalue weighted by Gasteiger charge is 2.38. The summed E-state index contributed by atoms with van der Waals surface area (Å²) >= 11 is 0. The molecule has 1 unspecified atom stereocenters. The normalized spacial score (nSPS) is 35.6. The number of nitrogens with one attached hydrogen (secondary N) is 1. The van der Waals surface area contributed by atoms with E-state index < -0.39 is 10.0 Å². The lowest BCUT2D eigenvalue weighted by atomic mass is 9.76. The van der Waals surface area contributed by atoms with Gasteiger partial charge in [-0.1, -0.05) is 13.0 Å². The van der Waals surface area contributed by atoms with E-state index in [2.05, 4.69) is 22.3 Å². The molecule has 3 heterocycles. The van der Waals surface area contributed by atoms with E-state index in [0.29, 0.717) is 30.8 Å². The van der Waals surface area contributed by atoms with Crippen molar-refractivity contribution < 1.29 is 8.42 Å². The van der Waals surface area contributed by atoms with E-state index in [-0.39, 0.29) is 5.75 Å². The van der Waals surface area contributed by atoms with Crippen LogP contribution in [0.1, 0.15) is 26.2 Å². The predicted octanol–water partition coefficient (Wildman–Crippen LogP) is 1.21. The second-order valence-electron chi connectivity index (χ2n) is 5.50. The summed E-state index contributed by atoms with van der Waals surface area (Å²) in [5.41, 5.74) is 0. The molecule has 4 atom stereocenters.